The molecule has 13 heteroatoms. The van der Waals surface area contributed by atoms with Gasteiger partial charge < -0.3 is 24.3 Å². The molecule has 3 aromatic rings. The minimum absolute atomic E-state index is 0.0359. The van der Waals surface area contributed by atoms with E-state index in [4.69, 9.17) is 18.9 Å². The first-order chi connectivity index (χ1) is 20.3. The third-order valence-electron chi connectivity index (χ3n) is 6.08. The first kappa shape index (κ1) is 28.5. The molecule has 0 saturated carbocycles. The fourth-order valence-corrected chi connectivity index (χ4v) is 5.01. The van der Waals surface area contributed by atoms with E-state index in [-0.39, 0.29) is 17.2 Å². The number of anilines is 1. The van der Waals surface area contributed by atoms with Crippen LogP contribution in [0.25, 0.3) is 6.08 Å². The molecule has 0 aliphatic carbocycles. The molecule has 2 aliphatic heterocycles. The largest absolute Gasteiger partial charge is 0.490 e. The summed E-state index contributed by atoms with van der Waals surface area (Å²) in [7, 11) is 0. The summed E-state index contributed by atoms with van der Waals surface area (Å²) in [5.74, 6) is 0.745. The number of ether oxygens (including phenoxy) is 4. The molecule has 2 heterocycles. The first-order valence-electron chi connectivity index (χ1n) is 12.9. The van der Waals surface area contributed by atoms with E-state index in [1.165, 1.54) is 18.2 Å². The Labute approximate surface area is 244 Å². The van der Waals surface area contributed by atoms with Gasteiger partial charge in [0, 0.05) is 23.9 Å². The summed E-state index contributed by atoms with van der Waals surface area (Å²) in [6, 6.07) is 16.1. The highest BCUT2D eigenvalue weighted by Gasteiger charge is 2.36. The van der Waals surface area contributed by atoms with Gasteiger partial charge in [0.15, 0.2) is 23.0 Å². The number of benzene rings is 3. The second-order valence-electron chi connectivity index (χ2n) is 9.03. The van der Waals surface area contributed by atoms with Crippen LogP contribution in [-0.2, 0) is 16.2 Å². The number of carbonyl (C=O) groups is 3. The van der Waals surface area contributed by atoms with Crippen LogP contribution in [0.4, 0.5) is 16.2 Å². The van der Waals surface area contributed by atoms with E-state index < -0.39 is 28.5 Å². The van der Waals surface area contributed by atoms with Crippen molar-refractivity contribution in [3.8, 4) is 23.0 Å². The number of nitrogens with one attached hydrogen (secondary N) is 1. The Morgan fingerprint density at radius 3 is 2.64 bits per heavy atom. The van der Waals surface area contributed by atoms with Gasteiger partial charge in [-0.1, -0.05) is 18.2 Å². The van der Waals surface area contributed by atoms with E-state index in [1.54, 1.807) is 55.5 Å². The van der Waals surface area contributed by atoms with Crippen LogP contribution < -0.4 is 24.3 Å². The quantitative estimate of drug-likeness (QED) is 0.194. The average Bonchev–Trinajstić information content (AvgIpc) is 3.24. The molecule has 42 heavy (non-hydrogen) atoms. The lowest BCUT2D eigenvalue weighted by molar-refractivity contribution is -0.384. The Morgan fingerprint density at radius 1 is 1.05 bits per heavy atom. The number of thioether (sulfide) groups is 1. The van der Waals surface area contributed by atoms with Crippen molar-refractivity contribution in [2.45, 2.75) is 13.5 Å². The zero-order chi connectivity index (χ0) is 29.6. The molecule has 3 amide bonds. The van der Waals surface area contributed by atoms with E-state index in [0.29, 0.717) is 59.6 Å². The van der Waals surface area contributed by atoms with Crippen LogP contribution in [0, 0.1) is 10.1 Å². The molecule has 5 rings (SSSR count). The standard InChI is InChI=1S/C29H25N3O9S/c1-2-38-24-13-18(6-8-23(24)41-17-19-4-3-5-21(12-19)32(36)37)14-26-28(34)31(29(35)42-26)16-27(33)30-20-7-9-22-25(15-20)40-11-10-39-22/h3-9,12-15H,2,10-11,16-17H2,1H3,(H,30,33)/b26-14+. The number of nitro benzene ring substituents is 1. The van der Waals surface area contributed by atoms with Crippen molar-refractivity contribution in [2.75, 3.05) is 31.7 Å². The highest BCUT2D eigenvalue weighted by atomic mass is 32.2. The van der Waals surface area contributed by atoms with Crippen LogP contribution in [0.1, 0.15) is 18.1 Å². The Kier molecular flexibility index (Phi) is 8.58. The van der Waals surface area contributed by atoms with Crippen molar-refractivity contribution in [1.82, 2.24) is 4.90 Å². The summed E-state index contributed by atoms with van der Waals surface area (Å²) >= 11 is 0.733. The van der Waals surface area contributed by atoms with Crippen molar-refractivity contribution in [1.29, 1.82) is 0 Å². The van der Waals surface area contributed by atoms with Gasteiger partial charge >= 0.3 is 0 Å². The van der Waals surface area contributed by atoms with Crippen LogP contribution in [0.15, 0.2) is 65.6 Å². The number of fused-ring (bicyclic) bond motifs is 1. The average molecular weight is 592 g/mol. The molecule has 12 nitrogen and oxygen atoms in total. The van der Waals surface area contributed by atoms with Gasteiger partial charge in [-0.15, -0.1) is 0 Å². The van der Waals surface area contributed by atoms with Gasteiger partial charge in [0.05, 0.1) is 16.4 Å². The predicted octanol–water partition coefficient (Wildman–Crippen LogP) is 5.02. The molecule has 2 aliphatic rings. The number of nitrogens with zero attached hydrogens (tertiary/aromatic N) is 2. The monoisotopic (exact) mass is 591 g/mol. The van der Waals surface area contributed by atoms with Gasteiger partial charge in [-0.2, -0.15) is 0 Å². The summed E-state index contributed by atoms with van der Waals surface area (Å²) in [5, 5.41) is 13.1. The van der Waals surface area contributed by atoms with Crippen LogP contribution >= 0.6 is 11.8 Å². The maximum Gasteiger partial charge on any atom is 0.294 e. The number of non-ortho nitro benzene ring substituents is 1. The minimum Gasteiger partial charge on any atom is -0.490 e. The molecule has 0 atom stereocenters. The smallest absolute Gasteiger partial charge is 0.294 e. The number of imide groups is 1. The van der Waals surface area contributed by atoms with Crippen LogP contribution in [-0.4, -0.2) is 53.2 Å². The maximum atomic E-state index is 13.0. The topological polar surface area (TPSA) is 147 Å². The lowest BCUT2D eigenvalue weighted by Crippen LogP contribution is -2.36. The lowest BCUT2D eigenvalue weighted by Gasteiger charge is -2.19. The Hall–Kier alpha value is -5.04. The number of carbonyl (C=O) groups excluding carboxylic acids is 3. The number of hydrogen-bond donors (Lipinski definition) is 1. The Morgan fingerprint density at radius 2 is 1.86 bits per heavy atom. The molecular formula is C29H25N3O9S. The number of nitro groups is 1. The molecule has 1 N–H and O–H groups in total. The summed E-state index contributed by atoms with van der Waals surface area (Å²) < 4.78 is 22.5. The molecule has 0 radical (unpaired) electrons. The van der Waals surface area contributed by atoms with Gasteiger partial charge in [0.2, 0.25) is 5.91 Å². The molecular weight excluding hydrogens is 566 g/mol. The fraction of sp³-hybridized carbons (Fsp3) is 0.207. The van der Waals surface area contributed by atoms with Crippen LogP contribution in [0.3, 0.4) is 0 Å². The highest BCUT2D eigenvalue weighted by molar-refractivity contribution is 8.18. The van der Waals surface area contributed by atoms with Crippen molar-refractivity contribution in [3.63, 3.8) is 0 Å². The van der Waals surface area contributed by atoms with E-state index >= 15 is 0 Å². The van der Waals surface area contributed by atoms with E-state index in [9.17, 15) is 24.5 Å². The predicted molar refractivity (Wildman–Crippen MR) is 154 cm³/mol. The summed E-state index contributed by atoms with van der Waals surface area (Å²) in [4.78, 5) is 49.8. The normalized spacial score (nSPS) is 15.1. The Bertz CT molecular complexity index is 1590. The molecule has 0 spiro atoms. The third kappa shape index (κ3) is 6.63. The van der Waals surface area contributed by atoms with Crippen molar-refractivity contribution in [2.24, 2.45) is 0 Å². The van der Waals surface area contributed by atoms with Gasteiger partial charge in [0.25, 0.3) is 16.8 Å². The number of amides is 3. The van der Waals surface area contributed by atoms with Crippen molar-refractivity contribution in [3.05, 3.63) is 86.8 Å². The number of rotatable bonds is 10. The molecule has 0 aromatic heterocycles. The SMILES string of the molecule is CCOc1cc(/C=C2/SC(=O)N(CC(=O)Nc3ccc4c(c3)OCCO4)C2=O)ccc1OCc1cccc([N+](=O)[O-])c1. The van der Waals surface area contributed by atoms with Gasteiger partial charge in [0.1, 0.15) is 26.4 Å². The van der Waals surface area contributed by atoms with Gasteiger partial charge in [-0.25, -0.2) is 0 Å². The molecule has 0 unspecified atom stereocenters. The summed E-state index contributed by atoms with van der Waals surface area (Å²) in [6.07, 6.45) is 1.54. The van der Waals surface area contributed by atoms with Crippen LogP contribution in [0.5, 0.6) is 23.0 Å². The van der Waals surface area contributed by atoms with Crippen molar-refractivity contribution < 1.29 is 38.3 Å². The lowest BCUT2D eigenvalue weighted by atomic mass is 10.1. The van der Waals surface area contributed by atoms with Crippen molar-refractivity contribution >= 4 is 46.3 Å². The van der Waals surface area contributed by atoms with Gasteiger partial charge in [-0.3, -0.25) is 29.4 Å². The van der Waals surface area contributed by atoms with E-state index in [2.05, 4.69) is 5.32 Å². The van der Waals surface area contributed by atoms with E-state index in [1.807, 2.05) is 0 Å². The maximum absolute atomic E-state index is 13.0. The zero-order valence-corrected chi connectivity index (χ0v) is 23.2. The minimum atomic E-state index is -0.591. The second kappa shape index (κ2) is 12.6. The fourth-order valence-electron chi connectivity index (χ4n) is 4.18. The highest BCUT2D eigenvalue weighted by Crippen LogP contribution is 2.36. The second-order valence-corrected chi connectivity index (χ2v) is 10.0. The summed E-state index contributed by atoms with van der Waals surface area (Å²) in [5.41, 5.74) is 1.60. The molecule has 0 bridgehead atoms. The van der Waals surface area contributed by atoms with E-state index in [0.717, 1.165) is 16.7 Å². The zero-order valence-electron chi connectivity index (χ0n) is 22.4. The van der Waals surface area contributed by atoms with Gasteiger partial charge in [-0.05, 0) is 60.2 Å². The Balaban J connectivity index is 1.24. The molecule has 3 aromatic carbocycles. The third-order valence-corrected chi connectivity index (χ3v) is 6.99. The number of hydrogen-bond acceptors (Lipinski definition) is 10. The summed E-state index contributed by atoms with van der Waals surface area (Å²) in [6.45, 7) is 2.61. The first-order valence-corrected chi connectivity index (χ1v) is 13.7. The van der Waals surface area contributed by atoms with Crippen LogP contribution in [0.2, 0.25) is 0 Å². The molecule has 216 valence electrons. The molecule has 1 saturated heterocycles. The molecule has 1 fully saturated rings.